The number of anilines is 1. The van der Waals surface area contributed by atoms with Gasteiger partial charge in [-0.05, 0) is 54.8 Å². The number of aliphatic hydroxyl groups is 1. The quantitative estimate of drug-likeness (QED) is 0.355. The minimum absolute atomic E-state index is 0.0303. The lowest BCUT2D eigenvalue weighted by molar-refractivity contribution is 0.336. The second-order valence-corrected chi connectivity index (χ2v) is 6.93. The van der Waals surface area contributed by atoms with Crippen molar-refractivity contribution in [2.75, 3.05) is 12.3 Å². The van der Waals surface area contributed by atoms with E-state index in [1.165, 1.54) is 29.5 Å². The molecule has 1 aromatic rings. The summed E-state index contributed by atoms with van der Waals surface area (Å²) in [4.78, 5) is 0.692. The molecule has 1 aliphatic carbocycles. The van der Waals surface area contributed by atoms with Crippen molar-refractivity contribution in [2.45, 2.75) is 13.8 Å². The van der Waals surface area contributed by atoms with Gasteiger partial charge in [0.25, 0.3) is 0 Å². The van der Waals surface area contributed by atoms with Gasteiger partial charge >= 0.3 is 0 Å². The predicted octanol–water partition coefficient (Wildman–Crippen LogP) is 4.69. The number of nitrogens with one attached hydrogen (secondary N) is 1. The Hall–Kier alpha value is -2.57. The molecule has 2 aliphatic rings. The summed E-state index contributed by atoms with van der Waals surface area (Å²) in [5, 5.41) is 17.9. The number of aliphatic hydroxyl groups excluding tert-OH is 1. The first kappa shape index (κ1) is 18.2. The van der Waals surface area contributed by atoms with E-state index in [1.54, 1.807) is 19.1 Å². The van der Waals surface area contributed by atoms with Gasteiger partial charge in [-0.3, -0.25) is 5.41 Å². The number of nitrogens with two attached hydrogens (primary N) is 1. The van der Waals surface area contributed by atoms with Crippen molar-refractivity contribution in [3.05, 3.63) is 64.5 Å². The van der Waals surface area contributed by atoms with Crippen LogP contribution in [0.25, 0.3) is 26.1 Å². The smallest absolute Gasteiger partial charge is 0.148 e. The summed E-state index contributed by atoms with van der Waals surface area (Å²) in [5.74, 6) is -1.20. The van der Waals surface area contributed by atoms with Crippen molar-refractivity contribution >= 4 is 32.7 Å². The van der Waals surface area contributed by atoms with Gasteiger partial charge in [0.05, 0.1) is 17.7 Å². The van der Waals surface area contributed by atoms with E-state index in [-0.39, 0.29) is 17.7 Å². The number of rotatable bonds is 3. The monoisotopic (exact) mass is 372 g/mol. The molecule has 0 saturated carbocycles. The molecule has 0 fully saturated rings. The Morgan fingerprint density at radius 3 is 2.50 bits per heavy atom. The van der Waals surface area contributed by atoms with Crippen molar-refractivity contribution in [3.8, 4) is 10.4 Å². The molecule has 3 nitrogen and oxygen atoms in total. The number of fused-ring (bicyclic) bond motifs is 2. The van der Waals surface area contributed by atoms with E-state index in [0.29, 0.717) is 32.5 Å². The summed E-state index contributed by atoms with van der Waals surface area (Å²) in [5.41, 5.74) is 8.29. The molecule has 0 atom stereocenters. The predicted molar refractivity (Wildman–Crippen MR) is 103 cm³/mol. The third kappa shape index (κ3) is 2.91. The topological polar surface area (TPSA) is 70.1 Å². The maximum Gasteiger partial charge on any atom is 0.148 e. The molecule has 0 spiro atoms. The fourth-order valence-corrected chi connectivity index (χ4v) is 4.20. The minimum atomic E-state index is -0.650. The lowest BCUT2D eigenvalue weighted by atomic mass is 9.90. The Morgan fingerprint density at radius 1 is 1.15 bits per heavy atom. The van der Waals surface area contributed by atoms with Crippen LogP contribution in [0.5, 0.6) is 0 Å². The summed E-state index contributed by atoms with van der Waals surface area (Å²) < 4.78 is 29.1. The highest BCUT2D eigenvalue weighted by molar-refractivity contribution is 7.21. The fraction of sp³-hybridized carbons (Fsp3) is 0.150. The van der Waals surface area contributed by atoms with Crippen molar-refractivity contribution < 1.29 is 13.9 Å². The van der Waals surface area contributed by atoms with E-state index >= 15 is 0 Å². The highest BCUT2D eigenvalue weighted by atomic mass is 32.1. The van der Waals surface area contributed by atoms with Gasteiger partial charge in [-0.1, -0.05) is 12.2 Å². The molecular formula is C20H18F2N2OS. The number of benzene rings is 2. The summed E-state index contributed by atoms with van der Waals surface area (Å²) in [7, 11) is 0. The molecule has 1 heterocycles. The van der Waals surface area contributed by atoms with Crippen molar-refractivity contribution in [2.24, 2.45) is 0 Å². The first-order valence-electron chi connectivity index (χ1n) is 8.04. The number of halogens is 2. The number of nitrogen functional groups attached to an aromatic ring is 1. The van der Waals surface area contributed by atoms with Crippen LogP contribution in [0.1, 0.15) is 19.4 Å². The molecule has 26 heavy (non-hydrogen) atoms. The van der Waals surface area contributed by atoms with Gasteiger partial charge in [0.15, 0.2) is 0 Å². The zero-order valence-electron chi connectivity index (χ0n) is 14.4. The van der Waals surface area contributed by atoms with Gasteiger partial charge in [-0.2, -0.15) is 0 Å². The van der Waals surface area contributed by atoms with Gasteiger partial charge in [-0.15, -0.1) is 11.3 Å². The summed E-state index contributed by atoms with van der Waals surface area (Å²) in [6.45, 7) is 3.41. The first-order chi connectivity index (χ1) is 12.4. The average Bonchev–Trinajstić information content (AvgIpc) is 2.61. The Balaban J connectivity index is 2.56. The van der Waals surface area contributed by atoms with Crippen LogP contribution in [0.15, 0.2) is 42.0 Å². The van der Waals surface area contributed by atoms with E-state index in [9.17, 15) is 13.9 Å². The third-order valence-corrected chi connectivity index (χ3v) is 5.46. The molecule has 1 aliphatic heterocycles. The molecule has 0 unspecified atom stereocenters. The molecule has 4 N–H and O–H groups in total. The zero-order chi connectivity index (χ0) is 19.0. The molecule has 0 saturated heterocycles. The number of allylic oxidation sites excluding steroid dienone is 2. The van der Waals surface area contributed by atoms with E-state index in [4.69, 9.17) is 11.1 Å². The molecule has 0 bridgehead atoms. The van der Waals surface area contributed by atoms with Crippen LogP contribution in [-0.2, 0) is 0 Å². The second-order valence-electron chi connectivity index (χ2n) is 5.85. The number of hydrogen-bond donors (Lipinski definition) is 3. The van der Waals surface area contributed by atoms with Crippen molar-refractivity contribution in [1.29, 1.82) is 5.41 Å². The zero-order valence-corrected chi connectivity index (χ0v) is 15.2. The Morgan fingerprint density at radius 2 is 1.88 bits per heavy atom. The third-order valence-electron chi connectivity index (χ3n) is 4.35. The Labute approximate surface area is 153 Å². The molecule has 0 radical (unpaired) electrons. The molecule has 0 amide bonds. The van der Waals surface area contributed by atoms with E-state index in [0.717, 1.165) is 4.70 Å². The second kappa shape index (κ2) is 6.97. The summed E-state index contributed by atoms with van der Waals surface area (Å²) >= 11 is 1.32. The number of hydrogen-bond acceptors (Lipinski definition) is 4. The molecule has 0 aromatic heterocycles. The summed E-state index contributed by atoms with van der Waals surface area (Å²) in [6.07, 6.45) is 3.58. The van der Waals surface area contributed by atoms with Crippen LogP contribution < -0.4 is 11.1 Å². The fourth-order valence-electron chi connectivity index (χ4n) is 3.06. The van der Waals surface area contributed by atoms with Crippen molar-refractivity contribution in [3.63, 3.8) is 0 Å². The molecular weight excluding hydrogens is 354 g/mol. The highest BCUT2D eigenvalue weighted by Gasteiger charge is 2.21. The maximum absolute atomic E-state index is 14.2. The van der Waals surface area contributed by atoms with Gasteiger partial charge in [-0.25, -0.2) is 8.78 Å². The van der Waals surface area contributed by atoms with Crippen LogP contribution >= 0.6 is 11.3 Å². The van der Waals surface area contributed by atoms with Crippen LogP contribution in [0, 0.1) is 17.0 Å². The van der Waals surface area contributed by atoms with Crippen molar-refractivity contribution in [1.82, 2.24) is 0 Å². The van der Waals surface area contributed by atoms with Crippen LogP contribution in [0.2, 0.25) is 0 Å². The standard InChI is InChI=1S/C20H18F2N2OS/c1-3-10(9-25)11(4-2)20-12-5-14(21)16(23)7-18(12)26-19-8-17(24)15(22)6-13(19)20/h3-8,23,25H,9,24H2,1-2H3/b10-3-,11-4+,23-16?. The SMILES string of the molecule is C/C=C(\C(=C/C)CO)c1c2cc(F)c(=N)cc-2sc2cc(N)c(F)cc12. The van der Waals surface area contributed by atoms with Gasteiger partial charge in [0.1, 0.15) is 11.6 Å². The van der Waals surface area contributed by atoms with Gasteiger partial charge in [0, 0.05) is 20.5 Å². The van der Waals surface area contributed by atoms with Crippen LogP contribution in [-0.4, -0.2) is 11.7 Å². The molecule has 134 valence electrons. The minimum Gasteiger partial charge on any atom is -0.396 e. The first-order valence-corrected chi connectivity index (χ1v) is 8.85. The average molecular weight is 372 g/mol. The lowest BCUT2D eigenvalue weighted by Crippen LogP contribution is -2.08. The maximum atomic E-state index is 14.2. The molecule has 6 heteroatoms. The van der Waals surface area contributed by atoms with Gasteiger partial charge < -0.3 is 10.8 Å². The molecule has 3 rings (SSSR count). The largest absolute Gasteiger partial charge is 0.396 e. The Bertz CT molecular complexity index is 1100. The van der Waals surface area contributed by atoms with E-state index in [2.05, 4.69) is 0 Å². The molecule has 1 aromatic carbocycles. The highest BCUT2D eigenvalue weighted by Crippen LogP contribution is 2.43. The summed E-state index contributed by atoms with van der Waals surface area (Å²) in [6, 6.07) is 5.65. The van der Waals surface area contributed by atoms with Gasteiger partial charge in [0.2, 0.25) is 0 Å². The Kier molecular flexibility index (Phi) is 4.89. The van der Waals surface area contributed by atoms with Crippen LogP contribution in [0.3, 0.4) is 0 Å². The van der Waals surface area contributed by atoms with E-state index in [1.807, 2.05) is 13.0 Å². The van der Waals surface area contributed by atoms with E-state index < -0.39 is 11.6 Å². The van der Waals surface area contributed by atoms with Crippen LogP contribution in [0.4, 0.5) is 14.5 Å². The normalized spacial score (nSPS) is 13.0. The lowest BCUT2D eigenvalue weighted by Gasteiger charge is -2.19.